The zero-order chi connectivity index (χ0) is 19.5. The Bertz CT molecular complexity index is 1090. The van der Waals surface area contributed by atoms with Gasteiger partial charge in [0, 0.05) is 21.7 Å². The van der Waals surface area contributed by atoms with Crippen molar-refractivity contribution >= 4 is 34.7 Å². The van der Waals surface area contributed by atoms with Gasteiger partial charge >= 0.3 is 0 Å². The van der Waals surface area contributed by atoms with Gasteiger partial charge in [-0.15, -0.1) is 21.5 Å². The lowest BCUT2D eigenvalue weighted by atomic mass is 10.2. The maximum atomic E-state index is 6.26. The molecule has 0 saturated carbocycles. The number of hydrogen-bond acceptors (Lipinski definition) is 6. The summed E-state index contributed by atoms with van der Waals surface area (Å²) in [5.74, 6) is 1.55. The molecule has 0 aliphatic heterocycles. The Morgan fingerprint density at radius 2 is 2.00 bits per heavy atom. The van der Waals surface area contributed by atoms with Crippen molar-refractivity contribution < 1.29 is 4.74 Å². The second kappa shape index (κ2) is 8.34. The third kappa shape index (κ3) is 4.06. The molecule has 0 radical (unpaired) electrons. The minimum atomic E-state index is 0.713. The topological polar surface area (TPSA) is 52.8 Å². The Morgan fingerprint density at radius 1 is 1.18 bits per heavy atom. The van der Waals surface area contributed by atoms with Crippen molar-refractivity contribution in [2.75, 3.05) is 7.11 Å². The highest BCUT2D eigenvalue weighted by atomic mass is 35.5. The van der Waals surface area contributed by atoms with Gasteiger partial charge in [-0.25, -0.2) is 4.98 Å². The average Bonchev–Trinajstić information content (AvgIpc) is 3.38. The Balaban J connectivity index is 1.48. The lowest BCUT2D eigenvalue weighted by Gasteiger charge is -2.07. The van der Waals surface area contributed by atoms with Gasteiger partial charge in [0.15, 0.2) is 5.16 Å². The van der Waals surface area contributed by atoms with Crippen LogP contribution >= 0.6 is 34.7 Å². The van der Waals surface area contributed by atoms with Crippen LogP contribution in [-0.4, -0.2) is 26.9 Å². The Hall–Kier alpha value is -2.35. The summed E-state index contributed by atoms with van der Waals surface area (Å²) in [5, 5.41) is 12.9. The molecule has 8 heteroatoms. The third-order valence-electron chi connectivity index (χ3n) is 4.19. The molecule has 0 amide bonds. The first-order valence-electron chi connectivity index (χ1n) is 8.52. The average molecular weight is 429 g/mol. The van der Waals surface area contributed by atoms with Gasteiger partial charge in [0.2, 0.25) is 0 Å². The van der Waals surface area contributed by atoms with Gasteiger partial charge in [-0.05, 0) is 48.9 Å². The highest BCUT2D eigenvalue weighted by molar-refractivity contribution is 7.98. The number of rotatable bonds is 6. The summed E-state index contributed by atoms with van der Waals surface area (Å²) in [4.78, 5) is 4.74. The number of halogens is 1. The Labute approximate surface area is 176 Å². The molecular formula is C20H17ClN4OS2. The van der Waals surface area contributed by atoms with E-state index in [0.29, 0.717) is 5.75 Å². The second-order valence-electron chi connectivity index (χ2n) is 6.08. The number of thiazole rings is 1. The molecule has 2 aromatic carbocycles. The number of nitrogens with zero attached hydrogens (tertiary/aromatic N) is 4. The first-order valence-corrected chi connectivity index (χ1v) is 10.8. The highest BCUT2D eigenvalue weighted by Crippen LogP contribution is 2.29. The van der Waals surface area contributed by atoms with Crippen molar-refractivity contribution in [1.29, 1.82) is 0 Å². The molecule has 2 aromatic heterocycles. The van der Waals surface area contributed by atoms with E-state index in [-0.39, 0.29) is 0 Å². The van der Waals surface area contributed by atoms with E-state index >= 15 is 0 Å². The lowest BCUT2D eigenvalue weighted by molar-refractivity contribution is 0.415. The molecule has 4 rings (SSSR count). The molecule has 0 unspecified atom stereocenters. The SMILES string of the molecule is COc1ccc(-c2nc(CSc3nncn3-c3ccc(C)c(Cl)c3)cs2)cc1. The fraction of sp³-hybridized carbons (Fsp3) is 0.150. The molecular weight excluding hydrogens is 412 g/mol. The predicted molar refractivity (Wildman–Crippen MR) is 115 cm³/mol. The summed E-state index contributed by atoms with van der Waals surface area (Å²) in [6.07, 6.45) is 1.70. The van der Waals surface area contributed by atoms with Gasteiger partial charge < -0.3 is 4.74 Å². The van der Waals surface area contributed by atoms with E-state index in [9.17, 15) is 0 Å². The number of methoxy groups -OCH3 is 1. The van der Waals surface area contributed by atoms with E-state index in [1.54, 1.807) is 36.5 Å². The monoisotopic (exact) mass is 428 g/mol. The minimum Gasteiger partial charge on any atom is -0.497 e. The van der Waals surface area contributed by atoms with Crippen molar-refractivity contribution in [2.24, 2.45) is 0 Å². The van der Waals surface area contributed by atoms with E-state index < -0.39 is 0 Å². The van der Waals surface area contributed by atoms with Gasteiger partial charge in [0.05, 0.1) is 18.5 Å². The number of ether oxygens (including phenoxy) is 1. The maximum absolute atomic E-state index is 6.26. The molecule has 5 nitrogen and oxygen atoms in total. The van der Waals surface area contributed by atoms with E-state index in [1.165, 1.54) is 0 Å². The first kappa shape index (κ1) is 19.0. The summed E-state index contributed by atoms with van der Waals surface area (Å²) in [6.45, 7) is 1.98. The van der Waals surface area contributed by atoms with Crippen LogP contribution in [0.3, 0.4) is 0 Å². The lowest BCUT2D eigenvalue weighted by Crippen LogP contribution is -1.96. The van der Waals surface area contributed by atoms with Crippen molar-refractivity contribution in [1.82, 2.24) is 19.7 Å². The van der Waals surface area contributed by atoms with Gasteiger partial charge in [-0.1, -0.05) is 29.4 Å². The fourth-order valence-corrected chi connectivity index (χ4v) is 4.54. The van der Waals surface area contributed by atoms with Gasteiger partial charge in [0.1, 0.15) is 17.1 Å². The van der Waals surface area contributed by atoms with Gasteiger partial charge in [-0.2, -0.15) is 0 Å². The van der Waals surface area contributed by atoms with Crippen molar-refractivity contribution in [3.63, 3.8) is 0 Å². The second-order valence-corrected chi connectivity index (χ2v) is 8.29. The number of benzene rings is 2. The van der Waals surface area contributed by atoms with Crippen LogP contribution in [0.25, 0.3) is 16.3 Å². The maximum Gasteiger partial charge on any atom is 0.195 e. The predicted octanol–water partition coefficient (Wildman–Crippen LogP) is 5.65. The third-order valence-corrected chi connectivity index (χ3v) is 6.51. The summed E-state index contributed by atoms with van der Waals surface area (Å²) < 4.78 is 7.15. The molecule has 0 aliphatic carbocycles. The zero-order valence-corrected chi connectivity index (χ0v) is 17.7. The molecule has 0 bridgehead atoms. The number of thioether (sulfide) groups is 1. The normalized spacial score (nSPS) is 11.0. The van der Waals surface area contributed by atoms with E-state index in [1.807, 2.05) is 54.0 Å². The molecule has 0 atom stereocenters. The van der Waals surface area contributed by atoms with Gasteiger partial charge in [-0.3, -0.25) is 4.57 Å². The smallest absolute Gasteiger partial charge is 0.195 e. The first-order chi connectivity index (χ1) is 13.6. The number of aryl methyl sites for hydroxylation is 1. The molecule has 0 saturated heterocycles. The Kier molecular flexibility index (Phi) is 5.66. The molecule has 0 spiro atoms. The van der Waals surface area contributed by atoms with Crippen LogP contribution in [0.5, 0.6) is 5.75 Å². The van der Waals surface area contributed by atoms with Crippen molar-refractivity contribution in [3.05, 3.63) is 70.5 Å². The highest BCUT2D eigenvalue weighted by Gasteiger charge is 2.11. The van der Waals surface area contributed by atoms with Crippen LogP contribution in [0.1, 0.15) is 11.3 Å². The van der Waals surface area contributed by atoms with Crippen LogP contribution in [0.2, 0.25) is 5.02 Å². The quantitative estimate of drug-likeness (QED) is 0.371. The van der Waals surface area contributed by atoms with E-state index in [4.69, 9.17) is 21.3 Å². The number of aromatic nitrogens is 4. The number of hydrogen-bond donors (Lipinski definition) is 0. The van der Waals surface area contributed by atoms with Crippen LogP contribution in [0.15, 0.2) is 59.3 Å². The largest absolute Gasteiger partial charge is 0.497 e. The minimum absolute atomic E-state index is 0.713. The zero-order valence-electron chi connectivity index (χ0n) is 15.3. The molecule has 0 N–H and O–H groups in total. The van der Waals surface area contributed by atoms with Gasteiger partial charge in [0.25, 0.3) is 0 Å². The van der Waals surface area contributed by atoms with Crippen LogP contribution in [0, 0.1) is 6.92 Å². The summed E-state index contributed by atoms with van der Waals surface area (Å²) >= 11 is 9.49. The van der Waals surface area contributed by atoms with Crippen molar-refractivity contribution in [3.8, 4) is 22.0 Å². The Morgan fingerprint density at radius 3 is 2.75 bits per heavy atom. The molecule has 28 heavy (non-hydrogen) atoms. The van der Waals surface area contributed by atoms with Crippen LogP contribution in [0.4, 0.5) is 0 Å². The fourth-order valence-electron chi connectivity index (χ4n) is 2.61. The standard InChI is InChI=1S/C20H17ClN4OS2/c1-13-3-6-16(9-18(13)21)25-12-22-24-20(25)28-11-15-10-27-19(23-15)14-4-7-17(26-2)8-5-14/h3-10,12H,11H2,1-2H3. The molecule has 2 heterocycles. The summed E-state index contributed by atoms with van der Waals surface area (Å²) in [6, 6.07) is 13.9. The molecule has 4 aromatic rings. The molecule has 142 valence electrons. The summed E-state index contributed by atoms with van der Waals surface area (Å²) in [5.41, 5.74) is 4.08. The molecule has 0 fully saturated rings. The van der Waals surface area contributed by atoms with Crippen molar-refractivity contribution in [2.45, 2.75) is 17.8 Å². The summed E-state index contributed by atoms with van der Waals surface area (Å²) in [7, 11) is 1.66. The van der Waals surface area contributed by atoms with Crippen LogP contribution in [-0.2, 0) is 5.75 Å². The molecule has 0 aliphatic rings. The van der Waals surface area contributed by atoms with Crippen LogP contribution < -0.4 is 4.74 Å². The van der Waals surface area contributed by atoms with E-state index in [2.05, 4.69) is 15.6 Å². The van der Waals surface area contributed by atoms with E-state index in [0.717, 1.165) is 43.4 Å².